The first-order valence-electron chi connectivity index (χ1n) is 10.8. The van der Waals surface area contributed by atoms with E-state index in [9.17, 15) is 9.59 Å². The third kappa shape index (κ3) is 5.21. The maximum atomic E-state index is 13.1. The van der Waals surface area contributed by atoms with Crippen molar-refractivity contribution in [2.45, 2.75) is 57.3 Å². The van der Waals surface area contributed by atoms with Gasteiger partial charge >= 0.3 is 0 Å². The molecule has 2 aromatic heterocycles. The maximum absolute atomic E-state index is 13.1. The number of hydrogen-bond donors (Lipinski definition) is 2. The van der Waals surface area contributed by atoms with Crippen LogP contribution < -0.4 is 10.6 Å². The minimum atomic E-state index is -0.149. The summed E-state index contributed by atoms with van der Waals surface area (Å²) in [6.07, 6.45) is 5.69. The molecule has 4 rings (SSSR count). The molecule has 2 heterocycles. The number of carbonyl (C=O) groups is 2. The molecule has 2 N–H and O–H groups in total. The number of benzene rings is 1. The van der Waals surface area contributed by atoms with Gasteiger partial charge in [0.1, 0.15) is 11.3 Å². The summed E-state index contributed by atoms with van der Waals surface area (Å²) in [6.45, 7) is 4.55. The quantitative estimate of drug-likeness (QED) is 0.476. The highest BCUT2D eigenvalue weighted by atomic mass is 32.2. The van der Waals surface area contributed by atoms with Crippen LogP contribution in [0.5, 0.6) is 0 Å². The van der Waals surface area contributed by atoms with E-state index in [0.717, 1.165) is 36.8 Å². The summed E-state index contributed by atoms with van der Waals surface area (Å²) in [5, 5.41) is 15.4. The van der Waals surface area contributed by atoms with Crippen LogP contribution in [0.25, 0.3) is 0 Å². The Balaban J connectivity index is 1.46. The molecule has 7 nitrogen and oxygen atoms in total. The van der Waals surface area contributed by atoms with Crippen molar-refractivity contribution in [3.05, 3.63) is 58.2 Å². The van der Waals surface area contributed by atoms with Gasteiger partial charge in [0.2, 0.25) is 5.91 Å². The predicted octanol–water partition coefficient (Wildman–Crippen LogP) is 4.46. The zero-order valence-electron chi connectivity index (χ0n) is 18.3. The van der Waals surface area contributed by atoms with Crippen LogP contribution >= 0.6 is 23.1 Å². The van der Waals surface area contributed by atoms with E-state index in [1.165, 1.54) is 28.0 Å². The van der Waals surface area contributed by atoms with Crippen LogP contribution in [-0.2, 0) is 24.2 Å². The lowest BCUT2D eigenvalue weighted by molar-refractivity contribution is -0.113. The molecule has 0 atom stereocenters. The monoisotopic (exact) mass is 469 g/mol. The molecule has 2 amide bonds. The number of fused-ring (bicyclic) bond motifs is 1. The average Bonchev–Trinajstić information content (AvgIpc) is 3.41. The fourth-order valence-corrected chi connectivity index (χ4v) is 5.89. The van der Waals surface area contributed by atoms with E-state index < -0.39 is 0 Å². The Bertz CT molecular complexity index is 1090. The number of hydrogen-bond acceptors (Lipinski definition) is 6. The van der Waals surface area contributed by atoms with E-state index in [-0.39, 0.29) is 23.6 Å². The van der Waals surface area contributed by atoms with Crippen molar-refractivity contribution in [2.24, 2.45) is 0 Å². The lowest BCUT2D eigenvalue weighted by atomic mass is 9.95. The third-order valence-electron chi connectivity index (χ3n) is 5.38. The molecule has 0 fully saturated rings. The molecule has 1 aliphatic rings. The van der Waals surface area contributed by atoms with Gasteiger partial charge in [-0.25, -0.2) is 0 Å². The van der Waals surface area contributed by atoms with Gasteiger partial charge in [0.15, 0.2) is 5.16 Å². The Morgan fingerprint density at radius 3 is 2.75 bits per heavy atom. The van der Waals surface area contributed by atoms with Crippen molar-refractivity contribution in [2.75, 3.05) is 11.1 Å². The molecule has 0 aliphatic heterocycles. The predicted molar refractivity (Wildman–Crippen MR) is 128 cm³/mol. The smallest absolute Gasteiger partial charge is 0.254 e. The number of anilines is 1. The van der Waals surface area contributed by atoms with Crippen LogP contribution in [-0.4, -0.2) is 32.3 Å². The lowest BCUT2D eigenvalue weighted by Crippen LogP contribution is -2.25. The van der Waals surface area contributed by atoms with Gasteiger partial charge in [0, 0.05) is 17.5 Å². The molecule has 9 heteroatoms. The number of nitrogens with one attached hydrogen (secondary N) is 2. The van der Waals surface area contributed by atoms with Gasteiger partial charge in [-0.15, -0.1) is 21.5 Å². The second-order valence-electron chi connectivity index (χ2n) is 8.03. The number of aromatic nitrogens is 3. The number of aryl methyl sites for hydroxylation is 1. The Kier molecular flexibility index (Phi) is 7.26. The second-order valence-corrected chi connectivity index (χ2v) is 10.1. The van der Waals surface area contributed by atoms with E-state index >= 15 is 0 Å². The van der Waals surface area contributed by atoms with Crippen LogP contribution in [0.3, 0.4) is 0 Å². The van der Waals surface area contributed by atoms with Gasteiger partial charge in [0.05, 0.1) is 11.3 Å². The minimum Gasteiger partial charge on any atom is -0.348 e. The Morgan fingerprint density at radius 2 is 1.97 bits per heavy atom. The van der Waals surface area contributed by atoms with Gasteiger partial charge < -0.3 is 15.2 Å². The summed E-state index contributed by atoms with van der Waals surface area (Å²) in [6, 6.07) is 10.1. The molecule has 0 bridgehead atoms. The van der Waals surface area contributed by atoms with Gasteiger partial charge in [-0.2, -0.15) is 0 Å². The Morgan fingerprint density at radius 1 is 1.19 bits per heavy atom. The van der Waals surface area contributed by atoms with E-state index in [0.29, 0.717) is 22.3 Å². The molecular weight excluding hydrogens is 442 g/mol. The highest BCUT2D eigenvalue weighted by molar-refractivity contribution is 7.99. The molecule has 3 aromatic rings. The second kappa shape index (κ2) is 10.3. The summed E-state index contributed by atoms with van der Waals surface area (Å²) in [5.74, 6) is -0.0706. The van der Waals surface area contributed by atoms with E-state index in [4.69, 9.17) is 0 Å². The number of nitrogens with zero attached hydrogens (tertiary/aromatic N) is 3. The summed E-state index contributed by atoms with van der Waals surface area (Å²) in [5.41, 5.74) is 2.76. The number of amides is 2. The average molecular weight is 470 g/mol. The molecule has 1 aromatic carbocycles. The summed E-state index contributed by atoms with van der Waals surface area (Å²) >= 11 is 2.88. The molecule has 168 valence electrons. The van der Waals surface area contributed by atoms with Crippen molar-refractivity contribution in [1.29, 1.82) is 0 Å². The molecule has 0 unspecified atom stereocenters. The molecule has 0 saturated heterocycles. The van der Waals surface area contributed by atoms with Crippen molar-refractivity contribution in [3.63, 3.8) is 0 Å². The van der Waals surface area contributed by atoms with Crippen LogP contribution in [0.15, 0.2) is 41.8 Å². The number of thioether (sulfide) groups is 1. The van der Waals surface area contributed by atoms with E-state index in [1.807, 2.05) is 48.7 Å². The van der Waals surface area contributed by atoms with E-state index in [1.54, 1.807) is 6.33 Å². The maximum Gasteiger partial charge on any atom is 0.254 e. The van der Waals surface area contributed by atoms with Crippen LogP contribution in [0.2, 0.25) is 0 Å². The minimum absolute atomic E-state index is 0.129. The number of carbonyl (C=O) groups excluding carboxylic acids is 2. The standard InChI is InChI=1S/C23H27N5O2S2/c1-15(2)28-14-25-27-23(28)31-13-19(29)26-22-20(17-10-6-7-11-18(17)32-22)21(30)24-12-16-8-4-3-5-9-16/h3-5,8-9,14-15H,6-7,10-13H2,1-2H3,(H,24,30)(H,26,29). The summed E-state index contributed by atoms with van der Waals surface area (Å²) < 4.78 is 1.93. The highest BCUT2D eigenvalue weighted by Gasteiger charge is 2.26. The Hall–Kier alpha value is -2.65. The number of thiophene rings is 1. The topological polar surface area (TPSA) is 88.9 Å². The Labute approximate surface area is 196 Å². The van der Waals surface area contributed by atoms with E-state index in [2.05, 4.69) is 20.8 Å². The zero-order valence-corrected chi connectivity index (χ0v) is 19.9. The summed E-state index contributed by atoms with van der Waals surface area (Å²) in [4.78, 5) is 27.1. The van der Waals surface area contributed by atoms with Crippen molar-refractivity contribution < 1.29 is 9.59 Å². The molecular formula is C23H27N5O2S2. The SMILES string of the molecule is CC(C)n1cnnc1SCC(=O)Nc1sc2c(c1C(=O)NCc1ccccc1)CCCC2. The molecule has 32 heavy (non-hydrogen) atoms. The van der Waals surface area contributed by atoms with Gasteiger partial charge in [-0.3, -0.25) is 9.59 Å². The molecule has 0 saturated carbocycles. The first-order chi connectivity index (χ1) is 15.5. The zero-order chi connectivity index (χ0) is 22.5. The molecule has 0 radical (unpaired) electrons. The fourth-order valence-electron chi connectivity index (χ4n) is 3.74. The molecule has 0 spiro atoms. The third-order valence-corrected chi connectivity index (χ3v) is 7.54. The lowest BCUT2D eigenvalue weighted by Gasteiger charge is -2.13. The van der Waals surface area contributed by atoms with Gasteiger partial charge in [0.25, 0.3) is 5.91 Å². The fraction of sp³-hybridized carbons (Fsp3) is 0.391. The summed E-state index contributed by atoms with van der Waals surface area (Å²) in [7, 11) is 0. The first kappa shape index (κ1) is 22.5. The largest absolute Gasteiger partial charge is 0.348 e. The van der Waals surface area contributed by atoms with Crippen molar-refractivity contribution >= 4 is 39.9 Å². The van der Waals surface area contributed by atoms with Crippen LogP contribution in [0, 0.1) is 0 Å². The van der Waals surface area contributed by atoms with Crippen molar-refractivity contribution in [3.8, 4) is 0 Å². The normalized spacial score (nSPS) is 13.1. The highest BCUT2D eigenvalue weighted by Crippen LogP contribution is 2.38. The molecule has 1 aliphatic carbocycles. The van der Waals surface area contributed by atoms with Gasteiger partial charge in [-0.1, -0.05) is 42.1 Å². The van der Waals surface area contributed by atoms with Crippen molar-refractivity contribution in [1.82, 2.24) is 20.1 Å². The van der Waals surface area contributed by atoms with Gasteiger partial charge in [-0.05, 0) is 50.7 Å². The number of rotatable bonds is 8. The first-order valence-corrected chi connectivity index (χ1v) is 12.6. The van der Waals surface area contributed by atoms with Crippen LogP contribution in [0.1, 0.15) is 59.1 Å². The van der Waals surface area contributed by atoms with Crippen LogP contribution in [0.4, 0.5) is 5.00 Å².